The molecule has 2 fully saturated rings. The normalized spacial score (nSPS) is 28.8. The van der Waals surface area contributed by atoms with E-state index in [1.807, 2.05) is 4.90 Å². The van der Waals surface area contributed by atoms with E-state index in [0.717, 1.165) is 25.8 Å². The van der Waals surface area contributed by atoms with Crippen LogP contribution in [0, 0.1) is 5.92 Å². The molecule has 1 atom stereocenters. The van der Waals surface area contributed by atoms with Crippen molar-refractivity contribution < 1.29 is 9.90 Å². The Kier molecular flexibility index (Phi) is 4.22. The van der Waals surface area contributed by atoms with Crippen LogP contribution in [0.4, 0.5) is 0 Å². The van der Waals surface area contributed by atoms with Crippen LogP contribution >= 0.6 is 0 Å². The van der Waals surface area contributed by atoms with Crippen LogP contribution in [0.25, 0.3) is 0 Å². The van der Waals surface area contributed by atoms with E-state index in [4.69, 9.17) is 0 Å². The summed E-state index contributed by atoms with van der Waals surface area (Å²) in [6.45, 7) is 1.33. The van der Waals surface area contributed by atoms with Crippen molar-refractivity contribution in [3.8, 4) is 0 Å². The molecule has 1 saturated carbocycles. The molecule has 0 aromatic rings. The lowest BCUT2D eigenvalue weighted by molar-refractivity contribution is -0.135. The second-order valence-electron chi connectivity index (χ2n) is 5.27. The maximum atomic E-state index is 12.2. The van der Waals surface area contributed by atoms with Crippen LogP contribution in [0.1, 0.15) is 51.4 Å². The summed E-state index contributed by atoms with van der Waals surface area (Å²) in [5.74, 6) is 0.545. The van der Waals surface area contributed by atoms with Gasteiger partial charge in [-0.25, -0.2) is 0 Å². The standard InChI is InChI=1S/C13H23NO2/c15-12-8-9-14(10-12)13(16)11-6-4-2-1-3-5-7-11/h11-12,15H,1-10H2/t12-/m1/s1. The van der Waals surface area contributed by atoms with Crippen LogP contribution in [0.2, 0.25) is 0 Å². The fraction of sp³-hybridized carbons (Fsp3) is 0.923. The van der Waals surface area contributed by atoms with Crippen molar-refractivity contribution in [2.24, 2.45) is 5.92 Å². The molecule has 2 aliphatic rings. The van der Waals surface area contributed by atoms with Gasteiger partial charge in [0.2, 0.25) is 5.91 Å². The molecule has 0 bridgehead atoms. The highest BCUT2D eigenvalue weighted by Gasteiger charge is 2.29. The number of nitrogens with zero attached hydrogens (tertiary/aromatic N) is 1. The number of hydrogen-bond acceptors (Lipinski definition) is 2. The first-order valence-corrected chi connectivity index (χ1v) is 6.74. The summed E-state index contributed by atoms with van der Waals surface area (Å²) in [4.78, 5) is 14.1. The Morgan fingerprint density at radius 1 is 1.00 bits per heavy atom. The van der Waals surface area contributed by atoms with E-state index >= 15 is 0 Å². The van der Waals surface area contributed by atoms with Gasteiger partial charge in [0, 0.05) is 19.0 Å². The van der Waals surface area contributed by atoms with Crippen LogP contribution in [0.3, 0.4) is 0 Å². The maximum Gasteiger partial charge on any atom is 0.225 e. The van der Waals surface area contributed by atoms with Crippen LogP contribution in [-0.2, 0) is 4.79 Å². The summed E-state index contributed by atoms with van der Waals surface area (Å²) >= 11 is 0. The minimum absolute atomic E-state index is 0.241. The van der Waals surface area contributed by atoms with Crippen molar-refractivity contribution in [2.75, 3.05) is 13.1 Å². The average molecular weight is 225 g/mol. The van der Waals surface area contributed by atoms with Crippen LogP contribution in [0.5, 0.6) is 0 Å². The third-order valence-corrected chi connectivity index (χ3v) is 3.93. The van der Waals surface area contributed by atoms with Gasteiger partial charge in [-0.15, -0.1) is 0 Å². The molecule has 1 saturated heterocycles. The predicted octanol–water partition coefficient (Wildman–Crippen LogP) is 1.94. The van der Waals surface area contributed by atoms with E-state index < -0.39 is 0 Å². The number of carbonyl (C=O) groups is 1. The van der Waals surface area contributed by atoms with Gasteiger partial charge in [-0.3, -0.25) is 4.79 Å². The zero-order chi connectivity index (χ0) is 11.4. The van der Waals surface area contributed by atoms with Crippen molar-refractivity contribution >= 4 is 5.91 Å². The molecular weight excluding hydrogens is 202 g/mol. The molecule has 3 nitrogen and oxygen atoms in total. The molecule has 1 aliphatic carbocycles. The van der Waals surface area contributed by atoms with Gasteiger partial charge in [-0.05, 0) is 19.3 Å². The molecule has 16 heavy (non-hydrogen) atoms. The van der Waals surface area contributed by atoms with Crippen LogP contribution < -0.4 is 0 Å². The molecule has 0 spiro atoms. The van der Waals surface area contributed by atoms with Gasteiger partial charge in [0.05, 0.1) is 6.10 Å². The Balaban J connectivity index is 1.86. The Labute approximate surface area is 97.8 Å². The molecule has 1 amide bonds. The molecule has 1 heterocycles. The van der Waals surface area contributed by atoms with Crippen molar-refractivity contribution in [3.63, 3.8) is 0 Å². The highest BCUT2D eigenvalue weighted by Crippen LogP contribution is 2.25. The highest BCUT2D eigenvalue weighted by molar-refractivity contribution is 5.79. The first-order valence-electron chi connectivity index (χ1n) is 6.74. The van der Waals surface area contributed by atoms with Gasteiger partial charge in [0.15, 0.2) is 0 Å². The zero-order valence-electron chi connectivity index (χ0n) is 10.0. The lowest BCUT2D eigenvalue weighted by Gasteiger charge is -2.24. The molecule has 1 aliphatic heterocycles. The largest absolute Gasteiger partial charge is 0.391 e. The summed E-state index contributed by atoms with van der Waals surface area (Å²) in [6, 6.07) is 0. The minimum Gasteiger partial charge on any atom is -0.391 e. The fourth-order valence-electron chi connectivity index (χ4n) is 2.90. The Hall–Kier alpha value is -0.570. The van der Waals surface area contributed by atoms with Crippen molar-refractivity contribution in [1.82, 2.24) is 4.90 Å². The summed E-state index contributed by atoms with van der Waals surface area (Å²) < 4.78 is 0. The first-order chi connectivity index (χ1) is 7.77. The summed E-state index contributed by atoms with van der Waals surface area (Å²) in [6.07, 6.45) is 8.91. The second-order valence-corrected chi connectivity index (χ2v) is 5.27. The molecular formula is C13H23NO2. The maximum absolute atomic E-state index is 12.2. The van der Waals surface area contributed by atoms with Gasteiger partial charge in [-0.1, -0.05) is 32.1 Å². The van der Waals surface area contributed by atoms with Crippen LogP contribution in [-0.4, -0.2) is 35.1 Å². The minimum atomic E-state index is -0.280. The van der Waals surface area contributed by atoms with E-state index in [0.29, 0.717) is 12.5 Å². The number of β-amino-alcohol motifs (C(OH)–C–C–N with tert-alkyl or cyclic N) is 1. The number of likely N-dealkylation sites (tertiary alicyclic amines) is 1. The number of hydrogen-bond donors (Lipinski definition) is 1. The number of amides is 1. The fourth-order valence-corrected chi connectivity index (χ4v) is 2.90. The quantitative estimate of drug-likeness (QED) is 0.741. The van der Waals surface area contributed by atoms with Gasteiger partial charge in [0.1, 0.15) is 0 Å². The number of rotatable bonds is 1. The molecule has 3 heteroatoms. The lowest BCUT2D eigenvalue weighted by atomic mass is 9.90. The summed E-state index contributed by atoms with van der Waals surface area (Å²) in [7, 11) is 0. The predicted molar refractivity (Wildman–Crippen MR) is 63.0 cm³/mol. The lowest BCUT2D eigenvalue weighted by Crippen LogP contribution is -2.35. The molecule has 1 N–H and O–H groups in total. The third kappa shape index (κ3) is 2.97. The highest BCUT2D eigenvalue weighted by atomic mass is 16.3. The van der Waals surface area contributed by atoms with Gasteiger partial charge in [-0.2, -0.15) is 0 Å². The van der Waals surface area contributed by atoms with Crippen molar-refractivity contribution in [1.29, 1.82) is 0 Å². The number of carbonyl (C=O) groups excluding carboxylic acids is 1. The van der Waals surface area contributed by atoms with Gasteiger partial charge in [0.25, 0.3) is 0 Å². The Morgan fingerprint density at radius 2 is 1.62 bits per heavy atom. The smallest absolute Gasteiger partial charge is 0.225 e. The van der Waals surface area contributed by atoms with Crippen molar-refractivity contribution in [3.05, 3.63) is 0 Å². The molecule has 2 rings (SSSR count). The number of aliphatic hydroxyl groups is 1. The number of aliphatic hydroxyl groups excluding tert-OH is 1. The van der Waals surface area contributed by atoms with E-state index in [2.05, 4.69) is 0 Å². The summed E-state index contributed by atoms with van der Waals surface area (Å²) in [5.41, 5.74) is 0. The molecule has 92 valence electrons. The Bertz CT molecular complexity index is 234. The van der Waals surface area contributed by atoms with Crippen LogP contribution in [0.15, 0.2) is 0 Å². The SMILES string of the molecule is O=C(C1CCCCCCC1)N1CC[C@@H](O)C1. The van der Waals surface area contributed by atoms with E-state index in [1.165, 1.54) is 32.1 Å². The average Bonchev–Trinajstić information content (AvgIpc) is 2.63. The molecule has 0 aromatic carbocycles. The first kappa shape index (κ1) is 11.9. The molecule has 0 aromatic heterocycles. The van der Waals surface area contributed by atoms with E-state index in [9.17, 15) is 9.90 Å². The Morgan fingerprint density at radius 3 is 2.19 bits per heavy atom. The third-order valence-electron chi connectivity index (χ3n) is 3.93. The second kappa shape index (κ2) is 5.67. The van der Waals surface area contributed by atoms with Gasteiger partial charge < -0.3 is 10.0 Å². The van der Waals surface area contributed by atoms with Crippen molar-refractivity contribution in [2.45, 2.75) is 57.5 Å². The van der Waals surface area contributed by atoms with Gasteiger partial charge >= 0.3 is 0 Å². The van der Waals surface area contributed by atoms with E-state index in [1.54, 1.807) is 0 Å². The monoisotopic (exact) mass is 225 g/mol. The molecule has 0 radical (unpaired) electrons. The molecule has 0 unspecified atom stereocenters. The summed E-state index contributed by atoms with van der Waals surface area (Å²) in [5, 5.41) is 9.45. The topological polar surface area (TPSA) is 40.5 Å². The van der Waals surface area contributed by atoms with E-state index in [-0.39, 0.29) is 12.0 Å². The zero-order valence-corrected chi connectivity index (χ0v) is 10.0.